The van der Waals surface area contributed by atoms with Crippen LogP contribution >= 0.6 is 0 Å². The summed E-state index contributed by atoms with van der Waals surface area (Å²) in [5, 5.41) is 4.13. The van der Waals surface area contributed by atoms with Gasteiger partial charge >= 0.3 is 0 Å². The van der Waals surface area contributed by atoms with Crippen molar-refractivity contribution in [2.45, 2.75) is 25.7 Å². The fraction of sp³-hybridized carbons (Fsp3) is 0.150. The highest BCUT2D eigenvalue weighted by Gasteiger charge is 2.15. The van der Waals surface area contributed by atoms with E-state index in [1.165, 1.54) is 6.21 Å². The summed E-state index contributed by atoms with van der Waals surface area (Å²) in [5.74, 6) is 0.381. The van der Waals surface area contributed by atoms with E-state index in [9.17, 15) is 8.42 Å². The van der Waals surface area contributed by atoms with Gasteiger partial charge in [0.15, 0.2) is 0 Å². The van der Waals surface area contributed by atoms with Gasteiger partial charge in [0.1, 0.15) is 0 Å². The van der Waals surface area contributed by atoms with E-state index < -0.39 is 10.0 Å². The van der Waals surface area contributed by atoms with Crippen LogP contribution in [0.25, 0.3) is 0 Å². The number of aromatic nitrogens is 2. The number of hydrogen-bond donors (Lipinski definition) is 2. The van der Waals surface area contributed by atoms with Crippen LogP contribution < -0.4 is 10.1 Å². The molecule has 0 atom stereocenters. The molecule has 144 valence electrons. The van der Waals surface area contributed by atoms with E-state index in [0.717, 1.165) is 17.0 Å². The van der Waals surface area contributed by atoms with Crippen LogP contribution in [-0.4, -0.2) is 24.6 Å². The third-order valence-corrected chi connectivity index (χ3v) is 5.27. The lowest BCUT2D eigenvalue weighted by atomic mass is 10.2. The number of aryl methyl sites for hydroxylation is 3. The van der Waals surface area contributed by atoms with E-state index in [0.29, 0.717) is 17.2 Å². The molecule has 2 aromatic carbocycles. The van der Waals surface area contributed by atoms with Gasteiger partial charge in [-0.1, -0.05) is 35.9 Å². The Balaban J connectivity index is 1.80. The molecule has 0 amide bonds. The highest BCUT2D eigenvalue weighted by atomic mass is 32.2. The summed E-state index contributed by atoms with van der Waals surface area (Å²) in [7, 11) is -3.70. The second-order valence-corrected chi connectivity index (χ2v) is 8.03. The number of rotatable bonds is 6. The molecule has 0 aliphatic rings. The van der Waals surface area contributed by atoms with Crippen molar-refractivity contribution in [1.29, 1.82) is 0 Å². The summed E-state index contributed by atoms with van der Waals surface area (Å²) in [6.07, 6.45) is 1.52. The minimum Gasteiger partial charge on any atom is -0.279 e. The van der Waals surface area contributed by atoms with Crippen molar-refractivity contribution >= 4 is 27.9 Å². The predicted molar refractivity (Wildman–Crippen MR) is 111 cm³/mol. The fourth-order valence-corrected chi connectivity index (χ4v) is 3.65. The van der Waals surface area contributed by atoms with Crippen LogP contribution in [0.3, 0.4) is 0 Å². The van der Waals surface area contributed by atoms with Gasteiger partial charge < -0.3 is 0 Å². The van der Waals surface area contributed by atoms with Crippen LogP contribution in [0, 0.1) is 20.8 Å². The molecule has 0 radical (unpaired) electrons. The van der Waals surface area contributed by atoms with E-state index in [4.69, 9.17) is 0 Å². The number of nitrogens with one attached hydrogen (secondary N) is 2. The Bertz CT molecular complexity index is 1090. The molecule has 0 fully saturated rings. The van der Waals surface area contributed by atoms with E-state index in [2.05, 4.69) is 25.2 Å². The molecule has 28 heavy (non-hydrogen) atoms. The fourth-order valence-electron chi connectivity index (χ4n) is 2.56. The van der Waals surface area contributed by atoms with Gasteiger partial charge in [-0.15, -0.1) is 0 Å². The van der Waals surface area contributed by atoms with Gasteiger partial charge in [0, 0.05) is 17.0 Å². The molecule has 1 aromatic heterocycles. The molecule has 0 bridgehead atoms. The number of sulfonamides is 1. The number of para-hydroxylation sites is 1. The lowest BCUT2D eigenvalue weighted by Crippen LogP contribution is -2.14. The van der Waals surface area contributed by atoms with E-state index in [1.807, 2.05) is 26.8 Å². The summed E-state index contributed by atoms with van der Waals surface area (Å²) in [4.78, 5) is 8.69. The van der Waals surface area contributed by atoms with E-state index in [-0.39, 0.29) is 4.90 Å². The van der Waals surface area contributed by atoms with Crippen molar-refractivity contribution in [1.82, 2.24) is 9.97 Å². The minimum absolute atomic E-state index is 0.201. The molecule has 1 heterocycles. The Labute approximate surface area is 164 Å². The zero-order valence-corrected chi connectivity index (χ0v) is 16.7. The molecule has 0 unspecified atom stereocenters. The van der Waals surface area contributed by atoms with E-state index in [1.54, 1.807) is 48.5 Å². The van der Waals surface area contributed by atoms with Crippen molar-refractivity contribution in [2.75, 3.05) is 10.1 Å². The Morgan fingerprint density at radius 2 is 1.57 bits per heavy atom. The molecular formula is C20H21N5O2S. The molecule has 0 aliphatic heterocycles. The largest absolute Gasteiger partial charge is 0.279 e. The predicted octanol–water partition coefficient (Wildman–Crippen LogP) is 3.65. The molecule has 3 aromatic rings. The first-order valence-electron chi connectivity index (χ1n) is 8.63. The number of anilines is 2. The molecular weight excluding hydrogens is 374 g/mol. The topological polar surface area (TPSA) is 96.3 Å². The summed E-state index contributed by atoms with van der Waals surface area (Å²) in [6, 6.07) is 15.5. The Morgan fingerprint density at radius 1 is 0.929 bits per heavy atom. The van der Waals surface area contributed by atoms with Crippen molar-refractivity contribution in [3.8, 4) is 0 Å². The van der Waals surface area contributed by atoms with Crippen LogP contribution in [0.1, 0.15) is 22.5 Å². The van der Waals surface area contributed by atoms with Crippen molar-refractivity contribution in [3.05, 3.63) is 77.1 Å². The van der Waals surface area contributed by atoms with Crippen molar-refractivity contribution in [3.63, 3.8) is 0 Å². The quantitative estimate of drug-likeness (QED) is 0.491. The first-order chi connectivity index (χ1) is 13.3. The molecule has 8 heteroatoms. The second-order valence-electron chi connectivity index (χ2n) is 6.35. The van der Waals surface area contributed by atoms with Gasteiger partial charge in [-0.05, 0) is 45.0 Å². The Morgan fingerprint density at radius 3 is 2.25 bits per heavy atom. The normalized spacial score (nSPS) is 11.5. The van der Waals surface area contributed by atoms with Gasteiger partial charge in [0.2, 0.25) is 5.95 Å². The smallest absolute Gasteiger partial charge is 0.261 e. The Hall–Kier alpha value is -3.26. The maximum Gasteiger partial charge on any atom is 0.261 e. The van der Waals surface area contributed by atoms with Gasteiger partial charge in [-0.25, -0.2) is 23.8 Å². The molecule has 0 saturated heterocycles. The lowest BCUT2D eigenvalue weighted by Gasteiger charge is -2.10. The molecule has 2 N–H and O–H groups in total. The minimum atomic E-state index is -3.70. The number of benzene rings is 2. The van der Waals surface area contributed by atoms with Crippen LogP contribution in [0.15, 0.2) is 64.6 Å². The number of hydrazone groups is 1. The SMILES string of the molecule is Cc1ccc(S(=O)(=O)Nc2ccccc2C=NNc2nc(C)cc(C)n2)cc1. The summed E-state index contributed by atoms with van der Waals surface area (Å²) in [5.41, 5.74) is 6.46. The highest BCUT2D eigenvalue weighted by Crippen LogP contribution is 2.19. The molecule has 0 spiro atoms. The van der Waals surface area contributed by atoms with Crippen LogP contribution in [-0.2, 0) is 10.0 Å². The van der Waals surface area contributed by atoms with Gasteiger partial charge in [-0.2, -0.15) is 5.10 Å². The molecule has 7 nitrogen and oxygen atoms in total. The average Bonchev–Trinajstić information content (AvgIpc) is 2.62. The monoisotopic (exact) mass is 395 g/mol. The first kappa shape index (κ1) is 19.5. The van der Waals surface area contributed by atoms with Crippen LogP contribution in [0.2, 0.25) is 0 Å². The number of hydrogen-bond acceptors (Lipinski definition) is 6. The summed E-state index contributed by atoms with van der Waals surface area (Å²) >= 11 is 0. The maximum atomic E-state index is 12.6. The van der Waals surface area contributed by atoms with Gasteiger partial charge in [0.25, 0.3) is 10.0 Å². The Kier molecular flexibility index (Phi) is 5.70. The third kappa shape index (κ3) is 4.92. The average molecular weight is 395 g/mol. The van der Waals surface area contributed by atoms with Crippen LogP contribution in [0.5, 0.6) is 0 Å². The molecule has 0 aliphatic carbocycles. The summed E-state index contributed by atoms with van der Waals surface area (Å²) in [6.45, 7) is 5.65. The second kappa shape index (κ2) is 8.18. The molecule has 3 rings (SSSR count). The maximum absolute atomic E-state index is 12.6. The number of nitrogens with zero attached hydrogens (tertiary/aromatic N) is 3. The summed E-state index contributed by atoms with van der Waals surface area (Å²) < 4.78 is 27.9. The van der Waals surface area contributed by atoms with Gasteiger partial charge in [0.05, 0.1) is 16.8 Å². The zero-order chi connectivity index (χ0) is 20.1. The third-order valence-electron chi connectivity index (χ3n) is 3.89. The first-order valence-corrected chi connectivity index (χ1v) is 10.1. The highest BCUT2D eigenvalue weighted by molar-refractivity contribution is 7.92. The molecule has 0 saturated carbocycles. The van der Waals surface area contributed by atoms with Crippen molar-refractivity contribution < 1.29 is 8.42 Å². The standard InChI is InChI=1S/C20H21N5O2S/c1-14-8-10-18(11-9-14)28(26,27)25-19-7-5-4-6-17(19)13-21-24-20-22-15(2)12-16(3)23-20/h4-13,25H,1-3H3,(H,22,23,24). The van der Waals surface area contributed by atoms with Crippen LogP contribution in [0.4, 0.5) is 11.6 Å². The van der Waals surface area contributed by atoms with Gasteiger partial charge in [-0.3, -0.25) is 4.72 Å². The van der Waals surface area contributed by atoms with E-state index >= 15 is 0 Å². The lowest BCUT2D eigenvalue weighted by molar-refractivity contribution is 0.601. The zero-order valence-electron chi connectivity index (χ0n) is 15.8. The van der Waals surface area contributed by atoms with Crippen molar-refractivity contribution in [2.24, 2.45) is 5.10 Å².